The van der Waals surface area contributed by atoms with E-state index in [1.165, 1.54) is 11.1 Å². The lowest BCUT2D eigenvalue weighted by atomic mass is 9.95. The molecule has 2 heterocycles. The van der Waals surface area contributed by atoms with Crippen LogP contribution in [0.5, 0.6) is 0 Å². The molecule has 0 saturated carbocycles. The Labute approximate surface area is 164 Å². The van der Waals surface area contributed by atoms with Crippen LogP contribution in [-0.2, 0) is 17.8 Å². The van der Waals surface area contributed by atoms with E-state index in [1.54, 1.807) is 0 Å². The Morgan fingerprint density at radius 3 is 2.81 bits per heavy atom. The second kappa shape index (κ2) is 7.53. The van der Waals surface area contributed by atoms with Gasteiger partial charge in [0.1, 0.15) is 0 Å². The first kappa shape index (κ1) is 17.7. The van der Waals surface area contributed by atoms with Gasteiger partial charge in [-0.05, 0) is 62.1 Å². The summed E-state index contributed by atoms with van der Waals surface area (Å²) >= 11 is 3.55. The van der Waals surface area contributed by atoms with Gasteiger partial charge in [-0.2, -0.15) is 0 Å². The number of carbonyl (C=O) groups is 1. The van der Waals surface area contributed by atoms with E-state index in [0.29, 0.717) is 5.91 Å². The molecule has 0 unspecified atom stereocenters. The maximum absolute atomic E-state index is 13.3. The number of piperidine rings is 1. The summed E-state index contributed by atoms with van der Waals surface area (Å²) < 4.78 is 1.09. The molecule has 0 aromatic heterocycles. The number of likely N-dealkylation sites (tertiary alicyclic amines) is 1. The smallest absolute Gasteiger partial charge is 0.231 e. The van der Waals surface area contributed by atoms with Crippen molar-refractivity contribution in [3.8, 4) is 0 Å². The molecule has 0 bridgehead atoms. The Morgan fingerprint density at radius 1 is 1.19 bits per heavy atom. The van der Waals surface area contributed by atoms with Crippen LogP contribution in [0.4, 0.5) is 5.69 Å². The maximum atomic E-state index is 13.3. The summed E-state index contributed by atoms with van der Waals surface area (Å²) in [7, 11) is 0. The Balaban J connectivity index is 1.48. The highest BCUT2D eigenvalue weighted by atomic mass is 79.9. The number of nitrogens with zero attached hydrogens (tertiary/aromatic N) is 2. The van der Waals surface area contributed by atoms with Crippen LogP contribution in [0.15, 0.2) is 53.0 Å². The summed E-state index contributed by atoms with van der Waals surface area (Å²) in [5.41, 5.74) is 3.70. The quantitative estimate of drug-likeness (QED) is 0.732. The lowest BCUT2D eigenvalue weighted by Gasteiger charge is -2.35. The first-order valence-electron chi connectivity index (χ1n) is 9.49. The highest BCUT2D eigenvalue weighted by molar-refractivity contribution is 9.10. The molecule has 2 aromatic carbocycles. The van der Waals surface area contributed by atoms with Gasteiger partial charge in [-0.25, -0.2) is 0 Å². The van der Waals surface area contributed by atoms with Crippen molar-refractivity contribution in [1.29, 1.82) is 0 Å². The minimum Gasteiger partial charge on any atom is -0.309 e. The molecule has 136 valence electrons. The molecule has 0 aliphatic carbocycles. The third-order valence-electron chi connectivity index (χ3n) is 5.60. The normalized spacial score (nSPS) is 23.1. The van der Waals surface area contributed by atoms with Crippen molar-refractivity contribution in [2.75, 3.05) is 18.0 Å². The van der Waals surface area contributed by atoms with Crippen LogP contribution in [0.25, 0.3) is 0 Å². The molecule has 0 radical (unpaired) electrons. The molecule has 0 spiro atoms. The monoisotopic (exact) mass is 412 g/mol. The lowest BCUT2D eigenvalue weighted by Crippen LogP contribution is -2.46. The summed E-state index contributed by atoms with van der Waals surface area (Å²) in [4.78, 5) is 17.8. The van der Waals surface area contributed by atoms with Gasteiger partial charge in [0.15, 0.2) is 0 Å². The van der Waals surface area contributed by atoms with E-state index < -0.39 is 0 Å². The van der Waals surface area contributed by atoms with Gasteiger partial charge in [0, 0.05) is 29.3 Å². The number of rotatable bonds is 3. The van der Waals surface area contributed by atoms with E-state index >= 15 is 0 Å². The molecule has 2 aliphatic heterocycles. The highest BCUT2D eigenvalue weighted by Crippen LogP contribution is 2.36. The van der Waals surface area contributed by atoms with E-state index in [2.05, 4.69) is 75.1 Å². The van der Waals surface area contributed by atoms with Crippen LogP contribution in [0, 0.1) is 5.92 Å². The van der Waals surface area contributed by atoms with Crippen LogP contribution in [0.3, 0.4) is 0 Å². The molecule has 2 aliphatic rings. The zero-order chi connectivity index (χ0) is 18.1. The topological polar surface area (TPSA) is 23.6 Å². The van der Waals surface area contributed by atoms with Crippen LogP contribution >= 0.6 is 15.9 Å². The molecule has 1 fully saturated rings. The number of halogens is 1. The van der Waals surface area contributed by atoms with Crippen LogP contribution < -0.4 is 4.90 Å². The van der Waals surface area contributed by atoms with Crippen molar-refractivity contribution in [1.82, 2.24) is 4.90 Å². The van der Waals surface area contributed by atoms with Crippen molar-refractivity contribution >= 4 is 27.5 Å². The molecule has 2 aromatic rings. The molecule has 0 N–H and O–H groups in total. The number of anilines is 1. The van der Waals surface area contributed by atoms with E-state index in [-0.39, 0.29) is 12.0 Å². The molecule has 2 atom stereocenters. The molecule has 26 heavy (non-hydrogen) atoms. The summed E-state index contributed by atoms with van der Waals surface area (Å²) in [6, 6.07) is 17.1. The predicted octanol–water partition coefficient (Wildman–Crippen LogP) is 4.64. The largest absolute Gasteiger partial charge is 0.309 e. The van der Waals surface area contributed by atoms with E-state index in [9.17, 15) is 4.79 Å². The highest BCUT2D eigenvalue weighted by Gasteiger charge is 2.36. The Hall–Kier alpha value is -1.65. The maximum Gasteiger partial charge on any atom is 0.231 e. The Kier molecular flexibility index (Phi) is 5.14. The van der Waals surface area contributed by atoms with E-state index in [4.69, 9.17) is 0 Å². The van der Waals surface area contributed by atoms with Crippen molar-refractivity contribution in [2.45, 2.75) is 38.8 Å². The zero-order valence-corrected chi connectivity index (χ0v) is 16.8. The van der Waals surface area contributed by atoms with E-state index in [1.807, 2.05) is 6.07 Å². The summed E-state index contributed by atoms with van der Waals surface area (Å²) in [5, 5.41) is 0. The number of amides is 1. The van der Waals surface area contributed by atoms with Crippen molar-refractivity contribution < 1.29 is 4.79 Å². The van der Waals surface area contributed by atoms with Gasteiger partial charge in [-0.1, -0.05) is 46.3 Å². The number of fused-ring (bicyclic) bond motifs is 1. The van der Waals surface area contributed by atoms with Crippen LogP contribution in [0.2, 0.25) is 0 Å². The fraction of sp³-hybridized carbons (Fsp3) is 0.409. The number of hydrogen-bond acceptors (Lipinski definition) is 2. The standard InChI is InChI=1S/C22H25BrN2O/c1-16-12-19-13-20(23)9-10-21(19)25(16)22(26)18-8-5-11-24(15-18)14-17-6-3-2-4-7-17/h2-4,6-7,9-10,13,16,18H,5,8,11-12,14-15H2,1H3/t16-,18+/m1/s1. The third kappa shape index (κ3) is 3.58. The molecule has 3 nitrogen and oxygen atoms in total. The van der Waals surface area contributed by atoms with Gasteiger partial charge < -0.3 is 4.90 Å². The molecule has 4 rings (SSSR count). The summed E-state index contributed by atoms with van der Waals surface area (Å²) in [6.07, 6.45) is 3.04. The average Bonchev–Trinajstić information content (AvgIpc) is 2.97. The fourth-order valence-electron chi connectivity index (χ4n) is 4.37. The minimum absolute atomic E-state index is 0.101. The van der Waals surface area contributed by atoms with E-state index in [0.717, 1.165) is 49.1 Å². The van der Waals surface area contributed by atoms with Gasteiger partial charge in [-0.15, -0.1) is 0 Å². The van der Waals surface area contributed by atoms with Crippen molar-refractivity contribution in [2.24, 2.45) is 5.92 Å². The SMILES string of the molecule is C[C@@H]1Cc2cc(Br)ccc2N1C(=O)[C@H]1CCCN(Cc2ccccc2)C1. The number of hydrogen-bond donors (Lipinski definition) is 0. The minimum atomic E-state index is 0.101. The molecular formula is C22H25BrN2O. The molecule has 1 saturated heterocycles. The van der Waals surface area contributed by atoms with Crippen LogP contribution in [-0.4, -0.2) is 29.9 Å². The van der Waals surface area contributed by atoms with Crippen molar-refractivity contribution in [3.63, 3.8) is 0 Å². The second-order valence-electron chi connectivity index (χ2n) is 7.59. The Morgan fingerprint density at radius 2 is 2.00 bits per heavy atom. The zero-order valence-electron chi connectivity index (χ0n) is 15.2. The number of benzene rings is 2. The number of carbonyl (C=O) groups excluding carboxylic acids is 1. The second-order valence-corrected chi connectivity index (χ2v) is 8.51. The first-order chi connectivity index (χ1) is 12.6. The summed E-state index contributed by atoms with van der Waals surface area (Å²) in [5.74, 6) is 0.404. The van der Waals surface area contributed by atoms with Gasteiger partial charge >= 0.3 is 0 Å². The fourth-order valence-corrected chi connectivity index (χ4v) is 4.78. The molecule has 4 heteroatoms. The first-order valence-corrected chi connectivity index (χ1v) is 10.3. The average molecular weight is 413 g/mol. The van der Waals surface area contributed by atoms with Gasteiger partial charge in [0.25, 0.3) is 0 Å². The van der Waals surface area contributed by atoms with Gasteiger partial charge in [-0.3, -0.25) is 9.69 Å². The van der Waals surface area contributed by atoms with Crippen molar-refractivity contribution in [3.05, 3.63) is 64.1 Å². The third-order valence-corrected chi connectivity index (χ3v) is 6.09. The lowest BCUT2D eigenvalue weighted by molar-refractivity contribution is -0.124. The van der Waals surface area contributed by atoms with Crippen LogP contribution in [0.1, 0.15) is 30.9 Å². The van der Waals surface area contributed by atoms with Gasteiger partial charge in [0.2, 0.25) is 5.91 Å². The Bertz CT molecular complexity index is 792. The predicted molar refractivity (Wildman–Crippen MR) is 109 cm³/mol. The summed E-state index contributed by atoms with van der Waals surface area (Å²) in [6.45, 7) is 5.04. The molecule has 1 amide bonds. The molecular weight excluding hydrogens is 388 g/mol. The van der Waals surface area contributed by atoms with Gasteiger partial charge in [0.05, 0.1) is 5.92 Å².